The summed E-state index contributed by atoms with van der Waals surface area (Å²) in [5, 5.41) is 7.17. The van der Waals surface area contributed by atoms with Crippen LogP contribution in [0.3, 0.4) is 0 Å². The Morgan fingerprint density at radius 2 is 1.85 bits per heavy atom. The smallest absolute Gasteiger partial charge is 0.228 e. The van der Waals surface area contributed by atoms with Crippen molar-refractivity contribution in [1.29, 1.82) is 0 Å². The summed E-state index contributed by atoms with van der Waals surface area (Å²) >= 11 is 0. The molecular weight excluding hydrogens is 340 g/mol. The van der Waals surface area contributed by atoms with E-state index in [2.05, 4.69) is 17.3 Å². The first-order chi connectivity index (χ1) is 13.1. The summed E-state index contributed by atoms with van der Waals surface area (Å²) in [6, 6.07) is 19.7. The topological polar surface area (TPSA) is 55.6 Å². The molecule has 0 spiro atoms. The van der Waals surface area contributed by atoms with Gasteiger partial charge >= 0.3 is 0 Å². The van der Waals surface area contributed by atoms with Gasteiger partial charge < -0.3 is 14.2 Å². The molecule has 0 aliphatic heterocycles. The maximum Gasteiger partial charge on any atom is 0.228 e. The molecule has 4 rings (SSSR count). The van der Waals surface area contributed by atoms with Gasteiger partial charge in [0.1, 0.15) is 11.4 Å². The summed E-state index contributed by atoms with van der Waals surface area (Å²) in [7, 11) is 3.47. The third kappa shape index (κ3) is 3.49. The largest absolute Gasteiger partial charge is 0.497 e. The summed E-state index contributed by atoms with van der Waals surface area (Å²) in [6.45, 7) is 0.538. The summed E-state index contributed by atoms with van der Waals surface area (Å²) < 4.78 is 10.5. The molecule has 3 aromatic carbocycles. The van der Waals surface area contributed by atoms with Crippen LogP contribution in [-0.4, -0.2) is 30.1 Å². The molecule has 0 unspecified atom stereocenters. The third-order valence-electron chi connectivity index (χ3n) is 4.73. The number of hydrogen-bond donors (Lipinski definition) is 0. The highest BCUT2D eigenvalue weighted by Crippen LogP contribution is 2.23. The van der Waals surface area contributed by atoms with Gasteiger partial charge in [-0.25, -0.2) is 0 Å². The number of likely N-dealkylation sites (N-methyl/N-ethyl adjacent to an activating group) is 1. The van der Waals surface area contributed by atoms with Gasteiger partial charge in [0.25, 0.3) is 0 Å². The highest BCUT2D eigenvalue weighted by Gasteiger charge is 2.15. The molecule has 0 aliphatic carbocycles. The second-order valence-electron chi connectivity index (χ2n) is 6.60. The molecule has 136 valence electrons. The van der Waals surface area contributed by atoms with Gasteiger partial charge in [-0.15, -0.1) is 0 Å². The molecule has 1 amide bonds. The zero-order valence-electron chi connectivity index (χ0n) is 15.3. The summed E-state index contributed by atoms with van der Waals surface area (Å²) in [6.07, 6.45) is 0.221. The number of para-hydroxylation sites is 1. The van der Waals surface area contributed by atoms with Crippen LogP contribution in [0.15, 0.2) is 65.2 Å². The standard InChI is InChI=1S/C22H20N2O3/c1-24(22(25)13-20-19-5-3-4-6-21(19)27-23-20)14-15-7-8-17-12-18(26-2)10-9-16(17)11-15/h3-12H,13-14H2,1-2H3. The van der Waals surface area contributed by atoms with Crippen molar-refractivity contribution >= 4 is 27.6 Å². The van der Waals surface area contributed by atoms with Crippen molar-refractivity contribution < 1.29 is 14.1 Å². The van der Waals surface area contributed by atoms with Gasteiger partial charge in [-0.1, -0.05) is 35.5 Å². The molecular formula is C22H20N2O3. The fraction of sp³-hybridized carbons (Fsp3) is 0.182. The number of aromatic nitrogens is 1. The molecule has 0 radical (unpaired) electrons. The number of carbonyl (C=O) groups excluding carboxylic acids is 1. The molecule has 0 bridgehead atoms. The molecule has 1 heterocycles. The van der Waals surface area contributed by atoms with E-state index in [1.807, 2.05) is 55.6 Å². The Hall–Kier alpha value is -3.34. The van der Waals surface area contributed by atoms with Crippen LogP contribution in [0.4, 0.5) is 0 Å². The predicted molar refractivity (Wildman–Crippen MR) is 105 cm³/mol. The monoisotopic (exact) mass is 360 g/mol. The SMILES string of the molecule is COc1ccc2cc(CN(C)C(=O)Cc3noc4ccccc34)ccc2c1. The first-order valence-corrected chi connectivity index (χ1v) is 8.78. The molecule has 0 saturated heterocycles. The number of rotatable bonds is 5. The molecule has 0 saturated carbocycles. The molecule has 1 aromatic heterocycles. The average Bonchev–Trinajstić information content (AvgIpc) is 3.10. The Bertz CT molecular complexity index is 1120. The van der Waals surface area contributed by atoms with Gasteiger partial charge in [-0.3, -0.25) is 4.79 Å². The van der Waals surface area contributed by atoms with Crippen LogP contribution in [0.2, 0.25) is 0 Å². The van der Waals surface area contributed by atoms with Crippen LogP contribution in [0.5, 0.6) is 5.75 Å². The van der Waals surface area contributed by atoms with E-state index < -0.39 is 0 Å². The normalized spacial score (nSPS) is 11.0. The van der Waals surface area contributed by atoms with Crippen LogP contribution in [0.1, 0.15) is 11.3 Å². The highest BCUT2D eigenvalue weighted by molar-refractivity contribution is 5.87. The predicted octanol–water partition coefficient (Wildman–Crippen LogP) is 4.19. The minimum atomic E-state index is 0.00359. The number of hydrogen-bond acceptors (Lipinski definition) is 4. The molecule has 5 nitrogen and oxygen atoms in total. The Balaban J connectivity index is 1.48. The minimum Gasteiger partial charge on any atom is -0.497 e. The number of benzene rings is 3. The van der Waals surface area contributed by atoms with Gasteiger partial charge in [0.05, 0.1) is 13.5 Å². The van der Waals surface area contributed by atoms with E-state index in [1.54, 1.807) is 12.0 Å². The van der Waals surface area contributed by atoms with Crippen LogP contribution >= 0.6 is 0 Å². The average molecular weight is 360 g/mol. The maximum atomic E-state index is 12.6. The van der Waals surface area contributed by atoms with Crippen LogP contribution in [0, 0.1) is 0 Å². The summed E-state index contributed by atoms with van der Waals surface area (Å²) in [5.74, 6) is 0.839. The lowest BCUT2D eigenvalue weighted by Gasteiger charge is -2.17. The van der Waals surface area contributed by atoms with E-state index in [-0.39, 0.29) is 12.3 Å². The third-order valence-corrected chi connectivity index (χ3v) is 4.73. The fourth-order valence-electron chi connectivity index (χ4n) is 3.20. The maximum absolute atomic E-state index is 12.6. The highest BCUT2D eigenvalue weighted by atomic mass is 16.5. The van der Waals surface area contributed by atoms with Crippen molar-refractivity contribution in [2.75, 3.05) is 14.2 Å². The number of ether oxygens (including phenoxy) is 1. The number of amides is 1. The van der Waals surface area contributed by atoms with E-state index >= 15 is 0 Å². The molecule has 0 atom stereocenters. The zero-order chi connectivity index (χ0) is 18.8. The van der Waals surface area contributed by atoms with Crippen molar-refractivity contribution in [2.45, 2.75) is 13.0 Å². The fourth-order valence-corrected chi connectivity index (χ4v) is 3.20. The van der Waals surface area contributed by atoms with Crippen molar-refractivity contribution in [2.24, 2.45) is 0 Å². The van der Waals surface area contributed by atoms with Crippen molar-refractivity contribution in [1.82, 2.24) is 10.1 Å². The van der Waals surface area contributed by atoms with Crippen LogP contribution in [0.25, 0.3) is 21.7 Å². The Morgan fingerprint density at radius 3 is 2.70 bits per heavy atom. The molecule has 4 aromatic rings. The molecule has 0 N–H and O–H groups in total. The van der Waals surface area contributed by atoms with Gasteiger partial charge in [0.2, 0.25) is 5.91 Å². The number of fused-ring (bicyclic) bond motifs is 2. The Kier molecular flexibility index (Phi) is 4.50. The van der Waals surface area contributed by atoms with Crippen LogP contribution < -0.4 is 4.74 Å². The minimum absolute atomic E-state index is 0.00359. The zero-order valence-corrected chi connectivity index (χ0v) is 15.3. The number of methoxy groups -OCH3 is 1. The molecule has 0 fully saturated rings. The van der Waals surface area contributed by atoms with Gasteiger partial charge in [0, 0.05) is 19.0 Å². The molecule has 5 heteroatoms. The number of nitrogens with zero attached hydrogens (tertiary/aromatic N) is 2. The lowest BCUT2D eigenvalue weighted by atomic mass is 10.1. The second-order valence-corrected chi connectivity index (χ2v) is 6.60. The summed E-state index contributed by atoms with van der Waals surface area (Å²) in [4.78, 5) is 14.3. The van der Waals surface area contributed by atoms with Gasteiger partial charge in [-0.05, 0) is 46.7 Å². The lowest BCUT2D eigenvalue weighted by Crippen LogP contribution is -2.27. The Labute approximate surface area is 157 Å². The lowest BCUT2D eigenvalue weighted by molar-refractivity contribution is -0.129. The quantitative estimate of drug-likeness (QED) is 0.535. The van der Waals surface area contributed by atoms with Crippen LogP contribution in [-0.2, 0) is 17.8 Å². The molecule has 27 heavy (non-hydrogen) atoms. The number of carbonyl (C=O) groups is 1. The second kappa shape index (κ2) is 7.11. The van der Waals surface area contributed by atoms with E-state index in [9.17, 15) is 4.79 Å². The van der Waals surface area contributed by atoms with Gasteiger partial charge in [-0.2, -0.15) is 0 Å². The Morgan fingerprint density at radius 1 is 1.07 bits per heavy atom. The van der Waals surface area contributed by atoms with E-state index in [0.29, 0.717) is 17.8 Å². The van der Waals surface area contributed by atoms with E-state index in [0.717, 1.165) is 27.5 Å². The summed E-state index contributed by atoms with van der Waals surface area (Å²) in [5.41, 5.74) is 2.45. The molecule has 0 aliphatic rings. The van der Waals surface area contributed by atoms with E-state index in [4.69, 9.17) is 9.26 Å². The first-order valence-electron chi connectivity index (χ1n) is 8.78. The van der Waals surface area contributed by atoms with Crippen molar-refractivity contribution in [3.05, 3.63) is 71.9 Å². The van der Waals surface area contributed by atoms with Crippen molar-refractivity contribution in [3.63, 3.8) is 0 Å². The van der Waals surface area contributed by atoms with E-state index in [1.165, 1.54) is 0 Å². The van der Waals surface area contributed by atoms with Crippen molar-refractivity contribution in [3.8, 4) is 5.75 Å². The van der Waals surface area contributed by atoms with Gasteiger partial charge in [0.15, 0.2) is 5.58 Å². The first kappa shape index (κ1) is 17.1.